The van der Waals surface area contributed by atoms with Gasteiger partial charge in [0.05, 0.1) is 29.6 Å². The molecule has 4 heterocycles. The Labute approximate surface area is 209 Å². The van der Waals surface area contributed by atoms with Crippen molar-refractivity contribution in [2.75, 3.05) is 29.9 Å². The maximum absolute atomic E-state index is 14.3. The summed E-state index contributed by atoms with van der Waals surface area (Å²) in [5, 5.41) is 3.34. The molecule has 3 aromatic rings. The first-order valence-corrected chi connectivity index (χ1v) is 12.6. The molecule has 10 nitrogen and oxygen atoms in total. The lowest BCUT2D eigenvalue weighted by Gasteiger charge is -2.40. The second-order valence-corrected chi connectivity index (χ2v) is 11.1. The van der Waals surface area contributed by atoms with E-state index >= 15 is 0 Å². The number of rotatable bonds is 4. The molecule has 2 aromatic heterocycles. The van der Waals surface area contributed by atoms with Crippen molar-refractivity contribution in [2.45, 2.75) is 57.6 Å². The summed E-state index contributed by atoms with van der Waals surface area (Å²) in [6, 6.07) is 5.76. The zero-order valence-corrected chi connectivity index (χ0v) is 20.9. The van der Waals surface area contributed by atoms with Crippen LogP contribution >= 0.6 is 0 Å². The third-order valence-electron chi connectivity index (χ3n) is 7.18. The highest BCUT2D eigenvalue weighted by Crippen LogP contribution is 2.43. The molecule has 0 bridgehead atoms. The summed E-state index contributed by atoms with van der Waals surface area (Å²) in [6.07, 6.45) is 5.97. The summed E-state index contributed by atoms with van der Waals surface area (Å²) in [5.74, 6) is 1.14. The lowest BCUT2D eigenvalue weighted by atomic mass is 9.77. The molecule has 2 aliphatic heterocycles. The Morgan fingerprint density at radius 3 is 2.89 bits per heavy atom. The molecular formula is C26H31N7O3. The normalized spacial score (nSPS) is 21.8. The van der Waals surface area contributed by atoms with Crippen LogP contribution in [0.15, 0.2) is 30.7 Å². The van der Waals surface area contributed by atoms with Crippen molar-refractivity contribution in [3.63, 3.8) is 0 Å². The third-order valence-corrected chi connectivity index (χ3v) is 7.18. The summed E-state index contributed by atoms with van der Waals surface area (Å²) >= 11 is 0. The summed E-state index contributed by atoms with van der Waals surface area (Å²) in [4.78, 5) is 47.5. The first kappa shape index (κ1) is 22.8. The van der Waals surface area contributed by atoms with Crippen LogP contribution in [0.1, 0.15) is 51.3 Å². The molecule has 1 aromatic carbocycles. The minimum Gasteiger partial charge on any atom is -0.444 e. The van der Waals surface area contributed by atoms with Crippen molar-refractivity contribution >= 4 is 34.7 Å². The Morgan fingerprint density at radius 2 is 2.11 bits per heavy atom. The zero-order chi connectivity index (χ0) is 25.1. The molecule has 2 N–H and O–H groups in total. The predicted molar refractivity (Wildman–Crippen MR) is 135 cm³/mol. The summed E-state index contributed by atoms with van der Waals surface area (Å²) in [6.45, 7) is 7.36. The van der Waals surface area contributed by atoms with Crippen LogP contribution in [0.2, 0.25) is 0 Å². The minimum atomic E-state index is -0.968. The van der Waals surface area contributed by atoms with Crippen molar-refractivity contribution in [3.8, 4) is 0 Å². The standard InChI is InChI=1S/C26H31N7O3/c1-25(2,3)36-24(35)32-9-8-26(14-32)21-17(12-28-23(31-21)27-11-16-4-5-16)13-33(22(26)34)18-6-7-19-20(10-18)30-15-29-19/h6-7,10,12,15-16H,4-5,8-9,11,13-14H2,1-3H3,(H,29,30)(H,27,28,31). The molecule has 6 rings (SSSR count). The molecule has 188 valence electrons. The first-order chi connectivity index (χ1) is 17.2. The number of hydrogen-bond donors (Lipinski definition) is 2. The molecule has 2 amide bonds. The van der Waals surface area contributed by atoms with Crippen molar-refractivity contribution in [1.82, 2.24) is 24.8 Å². The number of carbonyl (C=O) groups is 2. The highest BCUT2D eigenvalue weighted by atomic mass is 16.6. The minimum absolute atomic E-state index is 0.0669. The molecule has 0 radical (unpaired) electrons. The van der Waals surface area contributed by atoms with E-state index in [9.17, 15) is 9.59 Å². The van der Waals surface area contributed by atoms with Crippen LogP contribution in [-0.2, 0) is 21.5 Å². The first-order valence-electron chi connectivity index (χ1n) is 12.6. The van der Waals surface area contributed by atoms with Crippen LogP contribution in [0, 0.1) is 5.92 Å². The Hall–Kier alpha value is -3.69. The average Bonchev–Trinajstić information content (AvgIpc) is 3.36. The van der Waals surface area contributed by atoms with E-state index in [1.807, 2.05) is 45.2 Å². The number of amides is 2. The predicted octanol–water partition coefficient (Wildman–Crippen LogP) is 3.60. The number of anilines is 2. The molecule has 1 unspecified atom stereocenters. The number of fused-ring (bicyclic) bond motifs is 3. The maximum Gasteiger partial charge on any atom is 0.410 e. The van der Waals surface area contributed by atoms with Gasteiger partial charge in [-0.25, -0.2) is 19.7 Å². The van der Waals surface area contributed by atoms with Gasteiger partial charge in [-0.05, 0) is 64.2 Å². The molecule has 3 aliphatic rings. The van der Waals surface area contributed by atoms with E-state index < -0.39 is 17.1 Å². The quantitative estimate of drug-likeness (QED) is 0.575. The van der Waals surface area contributed by atoms with Crippen LogP contribution in [0.5, 0.6) is 0 Å². The molecule has 1 aliphatic carbocycles. The number of aromatic nitrogens is 4. The number of imidazole rings is 1. The van der Waals surface area contributed by atoms with Gasteiger partial charge in [0.15, 0.2) is 0 Å². The highest BCUT2D eigenvalue weighted by molar-refractivity contribution is 6.04. The molecule has 1 saturated heterocycles. The second kappa shape index (κ2) is 8.18. The molecule has 1 spiro atoms. The number of nitrogens with one attached hydrogen (secondary N) is 2. The average molecular weight is 490 g/mol. The van der Waals surface area contributed by atoms with Gasteiger partial charge in [-0.2, -0.15) is 0 Å². The number of H-pyrrole nitrogens is 1. The van der Waals surface area contributed by atoms with Crippen LogP contribution in [-0.4, -0.2) is 62.1 Å². The van der Waals surface area contributed by atoms with Gasteiger partial charge >= 0.3 is 6.09 Å². The number of aromatic amines is 1. The van der Waals surface area contributed by atoms with Crippen molar-refractivity contribution in [1.29, 1.82) is 0 Å². The lowest BCUT2D eigenvalue weighted by molar-refractivity contribution is -0.124. The third kappa shape index (κ3) is 4.04. The maximum atomic E-state index is 14.3. The number of carbonyl (C=O) groups excluding carboxylic acids is 2. The van der Waals surface area contributed by atoms with Gasteiger partial charge in [-0.3, -0.25) is 4.79 Å². The van der Waals surface area contributed by atoms with Gasteiger partial charge in [0.25, 0.3) is 0 Å². The molecular weight excluding hydrogens is 458 g/mol. The molecule has 36 heavy (non-hydrogen) atoms. The largest absolute Gasteiger partial charge is 0.444 e. The smallest absolute Gasteiger partial charge is 0.410 e. The molecule has 1 atom stereocenters. The van der Waals surface area contributed by atoms with E-state index in [-0.39, 0.29) is 12.5 Å². The Balaban J connectivity index is 1.38. The van der Waals surface area contributed by atoms with Crippen LogP contribution in [0.3, 0.4) is 0 Å². The Morgan fingerprint density at radius 1 is 1.28 bits per heavy atom. The van der Waals surface area contributed by atoms with E-state index in [2.05, 4.69) is 20.3 Å². The summed E-state index contributed by atoms with van der Waals surface area (Å²) in [7, 11) is 0. The van der Waals surface area contributed by atoms with Crippen LogP contribution in [0.4, 0.5) is 16.4 Å². The van der Waals surface area contributed by atoms with Gasteiger partial charge in [-0.15, -0.1) is 0 Å². The van der Waals surface area contributed by atoms with Gasteiger partial charge in [0, 0.05) is 37.1 Å². The number of ether oxygens (including phenoxy) is 1. The fourth-order valence-corrected chi connectivity index (χ4v) is 5.14. The second-order valence-electron chi connectivity index (χ2n) is 11.1. The Kier molecular flexibility index (Phi) is 5.17. The molecule has 2 fully saturated rings. The number of benzene rings is 1. The van der Waals surface area contributed by atoms with E-state index in [1.54, 1.807) is 16.1 Å². The van der Waals surface area contributed by atoms with Gasteiger partial charge in [0.1, 0.15) is 11.0 Å². The number of likely N-dealkylation sites (tertiary alicyclic amines) is 1. The SMILES string of the molecule is CC(C)(C)OC(=O)N1CCC2(C1)C(=O)N(c1ccc3[nH]cnc3c1)Cc1cnc(NCC3CC3)nc12. The Bertz CT molecular complexity index is 1340. The zero-order valence-electron chi connectivity index (χ0n) is 20.9. The van der Waals surface area contributed by atoms with Gasteiger partial charge < -0.3 is 24.8 Å². The molecule has 10 heteroatoms. The van der Waals surface area contributed by atoms with Crippen LogP contribution in [0.25, 0.3) is 11.0 Å². The van der Waals surface area contributed by atoms with Crippen molar-refractivity contribution in [3.05, 3.63) is 42.0 Å². The van der Waals surface area contributed by atoms with E-state index in [4.69, 9.17) is 9.72 Å². The summed E-state index contributed by atoms with van der Waals surface area (Å²) < 4.78 is 5.63. The van der Waals surface area contributed by atoms with Crippen molar-refractivity contribution in [2.24, 2.45) is 5.92 Å². The fourth-order valence-electron chi connectivity index (χ4n) is 5.14. The fraction of sp³-hybridized carbons (Fsp3) is 0.500. The summed E-state index contributed by atoms with van der Waals surface area (Å²) in [5.41, 5.74) is 2.47. The highest BCUT2D eigenvalue weighted by Gasteiger charge is 2.54. The van der Waals surface area contributed by atoms with E-state index in [0.717, 1.165) is 28.8 Å². The van der Waals surface area contributed by atoms with E-state index in [0.29, 0.717) is 37.1 Å². The molecule has 1 saturated carbocycles. The van der Waals surface area contributed by atoms with Gasteiger partial charge in [-0.1, -0.05) is 0 Å². The van der Waals surface area contributed by atoms with E-state index in [1.165, 1.54) is 12.8 Å². The number of hydrogen-bond acceptors (Lipinski definition) is 7. The van der Waals surface area contributed by atoms with Crippen LogP contribution < -0.4 is 10.2 Å². The topological polar surface area (TPSA) is 116 Å². The number of nitrogens with zero attached hydrogens (tertiary/aromatic N) is 5. The monoisotopic (exact) mass is 489 g/mol. The van der Waals surface area contributed by atoms with Crippen molar-refractivity contribution < 1.29 is 14.3 Å². The lowest BCUT2D eigenvalue weighted by Crippen LogP contribution is -2.53. The van der Waals surface area contributed by atoms with Gasteiger partial charge in [0.2, 0.25) is 11.9 Å².